The van der Waals surface area contributed by atoms with Crippen LogP contribution >= 0.6 is 23.8 Å². The maximum atomic E-state index is 12.5. The van der Waals surface area contributed by atoms with Crippen LogP contribution in [0.4, 0.5) is 11.4 Å². The third-order valence-electron chi connectivity index (χ3n) is 7.50. The van der Waals surface area contributed by atoms with Gasteiger partial charge in [0.1, 0.15) is 5.75 Å². The molecule has 2 atom stereocenters. The Bertz CT molecular complexity index is 1760. The van der Waals surface area contributed by atoms with Gasteiger partial charge < -0.3 is 24.8 Å². The predicted molar refractivity (Wildman–Crippen MR) is 175 cm³/mol. The van der Waals surface area contributed by atoms with E-state index in [1.165, 1.54) is 0 Å². The van der Waals surface area contributed by atoms with Gasteiger partial charge in [-0.3, -0.25) is 9.78 Å². The molecule has 0 aliphatic carbocycles. The number of benzene rings is 3. The molecule has 2 unspecified atom stereocenters. The van der Waals surface area contributed by atoms with E-state index in [4.69, 9.17) is 28.6 Å². The number of nitrogens with zero attached hydrogens (tertiary/aromatic N) is 3. The summed E-state index contributed by atoms with van der Waals surface area (Å²) in [6, 6.07) is 32.6. The van der Waals surface area contributed by atoms with Crippen molar-refractivity contribution >= 4 is 46.2 Å². The van der Waals surface area contributed by atoms with Gasteiger partial charge in [0.05, 0.1) is 17.8 Å². The van der Waals surface area contributed by atoms with Crippen LogP contribution in [0.3, 0.4) is 0 Å². The number of nitrogens with one attached hydrogen (secondary N) is 2. The SMILES string of the molecule is Cc1cc(C2C(c3ccccn3)NC(=S)N2c2ccc(NC(=O)COc3ccccc3)cc2)c(C)n1-c1cccc(Cl)c1. The minimum atomic E-state index is -0.239. The quantitative estimate of drug-likeness (QED) is 0.180. The number of halogens is 1. The van der Waals surface area contributed by atoms with Crippen molar-refractivity contribution in [2.24, 2.45) is 0 Å². The molecule has 1 saturated heterocycles. The molecular formula is C34H30ClN5O2S. The zero-order chi connectivity index (χ0) is 29.9. The maximum Gasteiger partial charge on any atom is 0.262 e. The molecule has 2 aromatic heterocycles. The van der Waals surface area contributed by atoms with Crippen molar-refractivity contribution in [1.29, 1.82) is 0 Å². The number of hydrogen-bond donors (Lipinski definition) is 2. The third-order valence-corrected chi connectivity index (χ3v) is 8.05. The summed E-state index contributed by atoms with van der Waals surface area (Å²) in [5.41, 5.74) is 6.75. The van der Waals surface area contributed by atoms with E-state index in [1.807, 2.05) is 91.0 Å². The van der Waals surface area contributed by atoms with Gasteiger partial charge in [0.25, 0.3) is 5.91 Å². The van der Waals surface area contributed by atoms with Gasteiger partial charge in [0, 0.05) is 39.7 Å². The lowest BCUT2D eigenvalue weighted by atomic mass is 9.96. The highest BCUT2D eigenvalue weighted by Gasteiger charge is 2.42. The van der Waals surface area contributed by atoms with E-state index in [0.717, 1.165) is 34.0 Å². The van der Waals surface area contributed by atoms with Crippen molar-refractivity contribution in [3.05, 3.63) is 137 Å². The Labute approximate surface area is 261 Å². The molecule has 1 aliphatic rings. The molecule has 0 radical (unpaired) electrons. The van der Waals surface area contributed by atoms with Crippen molar-refractivity contribution in [3.8, 4) is 11.4 Å². The van der Waals surface area contributed by atoms with Gasteiger partial charge in [-0.1, -0.05) is 41.9 Å². The minimum absolute atomic E-state index is 0.0814. The van der Waals surface area contributed by atoms with Crippen LogP contribution in [0, 0.1) is 13.8 Å². The number of carbonyl (C=O) groups is 1. The molecule has 3 heterocycles. The van der Waals surface area contributed by atoms with Gasteiger partial charge in [-0.2, -0.15) is 0 Å². The van der Waals surface area contributed by atoms with Crippen LogP contribution < -0.4 is 20.3 Å². The number of carbonyl (C=O) groups excluding carboxylic acids is 1. The third kappa shape index (κ3) is 5.98. The zero-order valence-electron chi connectivity index (χ0n) is 23.7. The van der Waals surface area contributed by atoms with Gasteiger partial charge in [0.15, 0.2) is 11.7 Å². The number of ether oxygens (including phenoxy) is 1. The first-order chi connectivity index (χ1) is 20.9. The number of para-hydroxylation sites is 1. The van der Waals surface area contributed by atoms with Crippen molar-refractivity contribution in [2.45, 2.75) is 25.9 Å². The number of amides is 1. The first-order valence-corrected chi connectivity index (χ1v) is 14.7. The number of rotatable bonds is 8. The second-order valence-electron chi connectivity index (χ2n) is 10.3. The van der Waals surface area contributed by atoms with E-state index in [9.17, 15) is 4.79 Å². The van der Waals surface area contributed by atoms with Crippen LogP contribution in [-0.2, 0) is 4.79 Å². The molecule has 6 rings (SSSR count). The van der Waals surface area contributed by atoms with E-state index in [1.54, 1.807) is 6.20 Å². The molecule has 0 saturated carbocycles. The number of aryl methyl sites for hydroxylation is 1. The lowest BCUT2D eigenvalue weighted by molar-refractivity contribution is -0.118. The first kappa shape index (κ1) is 28.5. The fourth-order valence-electron chi connectivity index (χ4n) is 5.62. The number of aromatic nitrogens is 2. The summed E-state index contributed by atoms with van der Waals surface area (Å²) >= 11 is 12.3. The van der Waals surface area contributed by atoms with Crippen molar-refractivity contribution in [2.75, 3.05) is 16.8 Å². The highest BCUT2D eigenvalue weighted by molar-refractivity contribution is 7.80. The standard InChI is InChI=1S/C34H30ClN5O2S/c1-22-19-29(23(2)39(22)27-10-8-9-24(35)20-27)33-32(30-13-6-7-18-36-30)38-34(43)40(33)26-16-14-25(15-17-26)37-31(41)21-42-28-11-4-3-5-12-28/h3-20,32-33H,21H2,1-2H3,(H,37,41)(H,38,43). The van der Waals surface area contributed by atoms with Crippen LogP contribution in [0.1, 0.15) is 34.7 Å². The average Bonchev–Trinajstić information content (AvgIpc) is 3.52. The maximum absolute atomic E-state index is 12.5. The highest BCUT2D eigenvalue weighted by atomic mass is 35.5. The molecule has 216 valence electrons. The first-order valence-electron chi connectivity index (χ1n) is 13.9. The number of pyridine rings is 1. The monoisotopic (exact) mass is 607 g/mol. The van der Waals surface area contributed by atoms with Crippen LogP contribution in [-0.4, -0.2) is 27.2 Å². The van der Waals surface area contributed by atoms with Gasteiger partial charge in [-0.15, -0.1) is 0 Å². The smallest absolute Gasteiger partial charge is 0.262 e. The molecule has 0 spiro atoms. The van der Waals surface area contributed by atoms with Gasteiger partial charge >= 0.3 is 0 Å². The summed E-state index contributed by atoms with van der Waals surface area (Å²) in [7, 11) is 0. The normalized spacial score (nSPS) is 16.2. The Kier molecular flexibility index (Phi) is 8.13. The Morgan fingerprint density at radius 1 is 0.953 bits per heavy atom. The van der Waals surface area contributed by atoms with E-state index in [0.29, 0.717) is 21.6 Å². The molecule has 43 heavy (non-hydrogen) atoms. The Morgan fingerprint density at radius 3 is 2.44 bits per heavy atom. The molecule has 5 aromatic rings. The summed E-state index contributed by atoms with van der Waals surface area (Å²) in [6.45, 7) is 4.13. The fourth-order valence-corrected chi connectivity index (χ4v) is 6.15. The van der Waals surface area contributed by atoms with E-state index < -0.39 is 0 Å². The largest absolute Gasteiger partial charge is 0.484 e. The van der Waals surface area contributed by atoms with Crippen molar-refractivity contribution in [1.82, 2.24) is 14.9 Å². The van der Waals surface area contributed by atoms with Crippen LogP contribution in [0.2, 0.25) is 5.02 Å². The fraction of sp³-hybridized carbons (Fsp3) is 0.147. The molecule has 1 fully saturated rings. The van der Waals surface area contributed by atoms with Crippen LogP contribution in [0.15, 0.2) is 109 Å². The van der Waals surface area contributed by atoms with E-state index >= 15 is 0 Å². The van der Waals surface area contributed by atoms with E-state index in [-0.39, 0.29) is 24.6 Å². The second-order valence-corrected chi connectivity index (χ2v) is 11.2. The summed E-state index contributed by atoms with van der Waals surface area (Å²) in [5, 5.41) is 7.72. The Balaban J connectivity index is 1.31. The van der Waals surface area contributed by atoms with Gasteiger partial charge in [-0.25, -0.2) is 0 Å². The lowest BCUT2D eigenvalue weighted by Gasteiger charge is -2.28. The molecule has 9 heteroatoms. The summed E-state index contributed by atoms with van der Waals surface area (Å²) in [5.74, 6) is 0.405. The molecular weight excluding hydrogens is 578 g/mol. The Morgan fingerprint density at radius 2 is 1.72 bits per heavy atom. The number of thiocarbonyl (C=S) groups is 1. The highest BCUT2D eigenvalue weighted by Crippen LogP contribution is 2.44. The second kappa shape index (κ2) is 12.3. The Hall–Kier alpha value is -4.66. The van der Waals surface area contributed by atoms with Crippen LogP contribution in [0.25, 0.3) is 5.69 Å². The minimum Gasteiger partial charge on any atom is -0.484 e. The molecule has 0 bridgehead atoms. The summed E-state index contributed by atoms with van der Waals surface area (Å²) in [4.78, 5) is 19.3. The molecule has 3 aromatic carbocycles. The van der Waals surface area contributed by atoms with Crippen molar-refractivity contribution in [3.63, 3.8) is 0 Å². The van der Waals surface area contributed by atoms with Gasteiger partial charge in [0.2, 0.25) is 0 Å². The molecule has 2 N–H and O–H groups in total. The zero-order valence-corrected chi connectivity index (χ0v) is 25.3. The van der Waals surface area contributed by atoms with Crippen molar-refractivity contribution < 1.29 is 9.53 Å². The summed E-state index contributed by atoms with van der Waals surface area (Å²) in [6.07, 6.45) is 1.80. The average molecular weight is 608 g/mol. The molecule has 1 amide bonds. The predicted octanol–water partition coefficient (Wildman–Crippen LogP) is 7.34. The number of anilines is 2. The molecule has 7 nitrogen and oxygen atoms in total. The lowest BCUT2D eigenvalue weighted by Crippen LogP contribution is -2.29. The van der Waals surface area contributed by atoms with E-state index in [2.05, 4.69) is 51.1 Å². The number of hydrogen-bond acceptors (Lipinski definition) is 4. The molecule has 1 aliphatic heterocycles. The van der Waals surface area contributed by atoms with Gasteiger partial charge in [-0.05, 0) is 104 Å². The topological polar surface area (TPSA) is 71.4 Å². The van der Waals surface area contributed by atoms with Crippen LogP contribution in [0.5, 0.6) is 5.75 Å². The summed E-state index contributed by atoms with van der Waals surface area (Å²) < 4.78 is 7.79.